The number of aryl methyl sites for hydroxylation is 1. The first-order valence-corrected chi connectivity index (χ1v) is 8.00. The molecule has 0 amide bonds. The number of nitrogens with zero attached hydrogens (tertiary/aromatic N) is 1. The third-order valence-electron chi connectivity index (χ3n) is 4.76. The van der Waals surface area contributed by atoms with Crippen molar-refractivity contribution >= 4 is 0 Å². The highest BCUT2D eigenvalue weighted by atomic mass is 15.1. The van der Waals surface area contributed by atoms with Crippen LogP contribution >= 0.6 is 0 Å². The third kappa shape index (κ3) is 3.42. The Morgan fingerprint density at radius 3 is 2.75 bits per heavy atom. The summed E-state index contributed by atoms with van der Waals surface area (Å²) in [5.41, 5.74) is 4.42. The van der Waals surface area contributed by atoms with Crippen LogP contribution in [0, 0.1) is 19.8 Å². The lowest BCUT2D eigenvalue weighted by Crippen LogP contribution is -2.42. The Hall–Kier alpha value is -0.860. The van der Waals surface area contributed by atoms with Gasteiger partial charge < -0.3 is 5.32 Å². The zero-order chi connectivity index (χ0) is 14.7. The molecule has 1 heterocycles. The summed E-state index contributed by atoms with van der Waals surface area (Å²) in [6.07, 6.45) is 2.66. The number of likely N-dealkylation sites (tertiary alicyclic amines) is 1. The first-order chi connectivity index (χ1) is 9.50. The molecular weight excluding hydrogens is 244 g/mol. The zero-order valence-electron chi connectivity index (χ0n) is 13.7. The van der Waals surface area contributed by atoms with Gasteiger partial charge in [-0.25, -0.2) is 0 Å². The maximum Gasteiger partial charge on any atom is 0.0388 e. The van der Waals surface area contributed by atoms with Crippen LogP contribution in [-0.2, 0) is 0 Å². The zero-order valence-corrected chi connectivity index (χ0v) is 13.7. The van der Waals surface area contributed by atoms with Crippen LogP contribution in [0.2, 0.25) is 0 Å². The molecule has 2 rings (SSSR count). The molecule has 2 heteroatoms. The predicted octanol–water partition coefficient (Wildman–Crippen LogP) is 3.68. The van der Waals surface area contributed by atoms with E-state index in [0.717, 1.165) is 12.5 Å². The summed E-state index contributed by atoms with van der Waals surface area (Å²) < 4.78 is 0. The molecular formula is C18H30N2. The van der Waals surface area contributed by atoms with Crippen molar-refractivity contribution in [3.63, 3.8) is 0 Å². The lowest BCUT2D eigenvalue weighted by atomic mass is 9.82. The largest absolute Gasteiger partial charge is 0.314 e. The molecule has 1 aliphatic heterocycles. The Kier molecular flexibility index (Phi) is 5.22. The van der Waals surface area contributed by atoms with Gasteiger partial charge in [0.1, 0.15) is 0 Å². The number of nitrogens with one attached hydrogen (secondary N) is 1. The van der Waals surface area contributed by atoms with Crippen LogP contribution < -0.4 is 5.32 Å². The maximum absolute atomic E-state index is 3.64. The van der Waals surface area contributed by atoms with Crippen molar-refractivity contribution in [1.82, 2.24) is 10.2 Å². The SMILES string of the molecule is Cc1cccc(C2C(CNC(C)C)CCCN2C)c1C. The van der Waals surface area contributed by atoms with Gasteiger partial charge in [0.15, 0.2) is 0 Å². The molecule has 1 aliphatic rings. The summed E-state index contributed by atoms with van der Waals surface area (Å²) in [6.45, 7) is 11.3. The number of hydrogen-bond acceptors (Lipinski definition) is 2. The molecule has 0 radical (unpaired) electrons. The van der Waals surface area contributed by atoms with Crippen LogP contribution in [0.25, 0.3) is 0 Å². The van der Waals surface area contributed by atoms with Crippen LogP contribution in [0.15, 0.2) is 18.2 Å². The van der Waals surface area contributed by atoms with Crippen LogP contribution in [-0.4, -0.2) is 31.1 Å². The van der Waals surface area contributed by atoms with Gasteiger partial charge in [-0.1, -0.05) is 32.0 Å². The van der Waals surface area contributed by atoms with E-state index in [1.54, 1.807) is 0 Å². The van der Waals surface area contributed by atoms with Gasteiger partial charge >= 0.3 is 0 Å². The summed E-state index contributed by atoms with van der Waals surface area (Å²) in [7, 11) is 2.29. The molecule has 2 unspecified atom stereocenters. The highest BCUT2D eigenvalue weighted by Crippen LogP contribution is 2.36. The molecule has 0 saturated carbocycles. The second-order valence-corrected chi connectivity index (χ2v) is 6.68. The van der Waals surface area contributed by atoms with Gasteiger partial charge in [0.25, 0.3) is 0 Å². The van der Waals surface area contributed by atoms with Crippen molar-refractivity contribution in [2.75, 3.05) is 20.1 Å². The van der Waals surface area contributed by atoms with E-state index in [9.17, 15) is 0 Å². The molecule has 0 bridgehead atoms. The Morgan fingerprint density at radius 2 is 2.05 bits per heavy atom. The standard InChI is InChI=1S/C18H30N2/c1-13(2)19-12-16-9-7-11-20(5)18(16)17-10-6-8-14(3)15(17)4/h6,8,10,13,16,18-19H,7,9,11-12H2,1-5H3. The monoisotopic (exact) mass is 274 g/mol. The molecule has 1 N–H and O–H groups in total. The van der Waals surface area contributed by atoms with Crippen molar-refractivity contribution in [3.05, 3.63) is 34.9 Å². The van der Waals surface area contributed by atoms with E-state index in [1.807, 2.05) is 0 Å². The van der Waals surface area contributed by atoms with Gasteiger partial charge in [-0.3, -0.25) is 4.90 Å². The average molecular weight is 274 g/mol. The molecule has 1 aromatic rings. The molecule has 1 fully saturated rings. The molecule has 0 aromatic heterocycles. The first-order valence-electron chi connectivity index (χ1n) is 8.00. The van der Waals surface area contributed by atoms with E-state index in [0.29, 0.717) is 12.1 Å². The Balaban J connectivity index is 2.25. The Bertz CT molecular complexity index is 439. The van der Waals surface area contributed by atoms with E-state index in [1.165, 1.54) is 36.1 Å². The molecule has 1 saturated heterocycles. The van der Waals surface area contributed by atoms with E-state index >= 15 is 0 Å². The van der Waals surface area contributed by atoms with E-state index in [-0.39, 0.29) is 0 Å². The quantitative estimate of drug-likeness (QED) is 0.901. The van der Waals surface area contributed by atoms with Crippen molar-refractivity contribution in [3.8, 4) is 0 Å². The Morgan fingerprint density at radius 1 is 1.30 bits per heavy atom. The summed E-state index contributed by atoms with van der Waals surface area (Å²) >= 11 is 0. The number of hydrogen-bond donors (Lipinski definition) is 1. The van der Waals surface area contributed by atoms with Gasteiger partial charge in [-0.2, -0.15) is 0 Å². The van der Waals surface area contributed by atoms with Crippen molar-refractivity contribution in [2.24, 2.45) is 5.92 Å². The molecule has 20 heavy (non-hydrogen) atoms. The Labute approximate surface area is 124 Å². The van der Waals surface area contributed by atoms with Crippen LogP contribution in [0.3, 0.4) is 0 Å². The van der Waals surface area contributed by atoms with Crippen LogP contribution in [0.5, 0.6) is 0 Å². The second kappa shape index (κ2) is 6.73. The van der Waals surface area contributed by atoms with Gasteiger partial charge in [-0.15, -0.1) is 0 Å². The van der Waals surface area contributed by atoms with Crippen molar-refractivity contribution in [1.29, 1.82) is 0 Å². The van der Waals surface area contributed by atoms with Crippen LogP contribution in [0.1, 0.15) is 49.4 Å². The minimum atomic E-state index is 0.565. The fraction of sp³-hybridized carbons (Fsp3) is 0.667. The highest BCUT2D eigenvalue weighted by molar-refractivity contribution is 5.36. The van der Waals surface area contributed by atoms with Crippen LogP contribution in [0.4, 0.5) is 0 Å². The minimum Gasteiger partial charge on any atom is -0.314 e. The first kappa shape index (κ1) is 15.5. The molecule has 0 spiro atoms. The highest BCUT2D eigenvalue weighted by Gasteiger charge is 2.31. The normalized spacial score (nSPS) is 24.3. The summed E-state index contributed by atoms with van der Waals surface area (Å²) in [5.74, 6) is 0.719. The van der Waals surface area contributed by atoms with Crippen molar-refractivity contribution < 1.29 is 0 Å². The lowest BCUT2D eigenvalue weighted by molar-refractivity contribution is 0.117. The van der Waals surface area contributed by atoms with Crippen molar-refractivity contribution in [2.45, 2.75) is 52.6 Å². The predicted molar refractivity (Wildman–Crippen MR) is 87.1 cm³/mol. The lowest BCUT2D eigenvalue weighted by Gasteiger charge is -2.41. The number of rotatable bonds is 4. The summed E-state index contributed by atoms with van der Waals surface area (Å²) in [4.78, 5) is 2.55. The maximum atomic E-state index is 3.64. The number of benzene rings is 1. The third-order valence-corrected chi connectivity index (χ3v) is 4.76. The fourth-order valence-corrected chi connectivity index (χ4v) is 3.45. The molecule has 1 aromatic carbocycles. The second-order valence-electron chi connectivity index (χ2n) is 6.68. The summed E-state index contributed by atoms with van der Waals surface area (Å²) in [6, 6.07) is 7.91. The topological polar surface area (TPSA) is 15.3 Å². The molecule has 112 valence electrons. The van der Waals surface area contributed by atoms with E-state index < -0.39 is 0 Å². The summed E-state index contributed by atoms with van der Waals surface area (Å²) in [5, 5.41) is 3.64. The molecule has 2 atom stereocenters. The van der Waals surface area contributed by atoms with E-state index in [2.05, 4.69) is 63.2 Å². The van der Waals surface area contributed by atoms with Gasteiger partial charge in [0, 0.05) is 18.6 Å². The van der Waals surface area contributed by atoms with Gasteiger partial charge in [0.05, 0.1) is 0 Å². The van der Waals surface area contributed by atoms with Gasteiger partial charge in [-0.05, 0) is 62.9 Å². The molecule has 0 aliphatic carbocycles. The smallest absolute Gasteiger partial charge is 0.0388 e. The fourth-order valence-electron chi connectivity index (χ4n) is 3.45. The molecule has 2 nitrogen and oxygen atoms in total. The van der Waals surface area contributed by atoms with E-state index in [4.69, 9.17) is 0 Å². The minimum absolute atomic E-state index is 0.565. The number of piperidine rings is 1. The van der Waals surface area contributed by atoms with Gasteiger partial charge in [0.2, 0.25) is 0 Å². The average Bonchev–Trinajstić information content (AvgIpc) is 2.40.